The van der Waals surface area contributed by atoms with Crippen molar-refractivity contribution in [1.82, 2.24) is 9.97 Å². The third-order valence-corrected chi connectivity index (χ3v) is 2.72. The first kappa shape index (κ1) is 14.7. The fourth-order valence-corrected chi connectivity index (χ4v) is 1.74. The van der Waals surface area contributed by atoms with Gasteiger partial charge < -0.3 is 10.1 Å². The van der Waals surface area contributed by atoms with Gasteiger partial charge in [0.2, 0.25) is 5.82 Å². The number of hydrogen-bond acceptors (Lipinski definition) is 6. The molecule has 0 aliphatic carbocycles. The van der Waals surface area contributed by atoms with E-state index in [1.165, 1.54) is 6.33 Å². The first-order valence-electron chi connectivity index (χ1n) is 6.62. The van der Waals surface area contributed by atoms with Gasteiger partial charge >= 0.3 is 5.69 Å². The van der Waals surface area contributed by atoms with Gasteiger partial charge in [-0.15, -0.1) is 0 Å². The van der Waals surface area contributed by atoms with Gasteiger partial charge in [-0.25, -0.2) is 4.98 Å². The van der Waals surface area contributed by atoms with Crippen molar-refractivity contribution in [2.75, 3.05) is 11.9 Å². The normalized spacial score (nSPS) is 10.1. The van der Waals surface area contributed by atoms with Crippen LogP contribution in [0.2, 0.25) is 0 Å². The number of benzene rings is 1. The van der Waals surface area contributed by atoms with Crippen LogP contribution in [0, 0.1) is 10.1 Å². The molecule has 110 valence electrons. The molecule has 1 aromatic carbocycles. The quantitative estimate of drug-likeness (QED) is 0.622. The monoisotopic (exact) mass is 288 g/mol. The number of nitrogens with zero attached hydrogens (tertiary/aromatic N) is 3. The molecule has 21 heavy (non-hydrogen) atoms. The maximum atomic E-state index is 11.2. The molecule has 0 atom stereocenters. The second-order valence-corrected chi connectivity index (χ2v) is 4.32. The van der Waals surface area contributed by atoms with Crippen LogP contribution in [-0.2, 0) is 6.54 Å². The Bertz CT molecular complexity index is 604. The van der Waals surface area contributed by atoms with Crippen LogP contribution in [0.15, 0.2) is 36.7 Å². The highest BCUT2D eigenvalue weighted by molar-refractivity contribution is 5.61. The zero-order valence-corrected chi connectivity index (χ0v) is 11.7. The largest absolute Gasteiger partial charge is 0.473 e. The predicted octanol–water partition coefficient (Wildman–Crippen LogP) is 2.79. The van der Waals surface area contributed by atoms with Crippen molar-refractivity contribution in [3.63, 3.8) is 0 Å². The van der Waals surface area contributed by atoms with Crippen LogP contribution in [0.3, 0.4) is 0 Å². The highest BCUT2D eigenvalue weighted by atomic mass is 16.6. The summed E-state index contributed by atoms with van der Waals surface area (Å²) in [7, 11) is 0. The first-order valence-corrected chi connectivity index (χ1v) is 6.62. The third kappa shape index (κ3) is 3.88. The van der Waals surface area contributed by atoms with E-state index in [9.17, 15) is 10.1 Å². The smallest absolute Gasteiger partial charge is 0.372 e. The zero-order chi connectivity index (χ0) is 15.1. The molecule has 0 unspecified atom stereocenters. The molecule has 0 fully saturated rings. The van der Waals surface area contributed by atoms with Gasteiger partial charge in [0, 0.05) is 6.54 Å². The van der Waals surface area contributed by atoms with E-state index < -0.39 is 4.92 Å². The minimum absolute atomic E-state index is 0.00703. The second kappa shape index (κ2) is 7.18. The molecule has 0 bridgehead atoms. The standard InChI is InChI=1S/C14H16N4O3/c1-2-8-21-14-12(18(19)20)13(16-10-17-14)15-9-11-6-4-3-5-7-11/h3-7,10H,2,8-9H2,1H3,(H,15,16,17). The second-order valence-electron chi connectivity index (χ2n) is 4.32. The highest BCUT2D eigenvalue weighted by Crippen LogP contribution is 2.31. The molecule has 0 saturated heterocycles. The zero-order valence-electron chi connectivity index (χ0n) is 11.7. The van der Waals surface area contributed by atoms with Crippen LogP contribution in [0.25, 0.3) is 0 Å². The van der Waals surface area contributed by atoms with Crippen molar-refractivity contribution in [3.8, 4) is 5.88 Å². The fourth-order valence-electron chi connectivity index (χ4n) is 1.74. The number of nitrogens with one attached hydrogen (secondary N) is 1. The van der Waals surface area contributed by atoms with E-state index in [4.69, 9.17) is 4.74 Å². The molecule has 1 heterocycles. The van der Waals surface area contributed by atoms with E-state index in [2.05, 4.69) is 15.3 Å². The molecule has 7 heteroatoms. The van der Waals surface area contributed by atoms with Gasteiger partial charge in [0.25, 0.3) is 5.88 Å². The lowest BCUT2D eigenvalue weighted by Gasteiger charge is -2.09. The molecule has 1 N–H and O–H groups in total. The Kier molecular flexibility index (Phi) is 5.03. The van der Waals surface area contributed by atoms with E-state index in [-0.39, 0.29) is 17.4 Å². The van der Waals surface area contributed by atoms with Crippen molar-refractivity contribution in [3.05, 3.63) is 52.3 Å². The van der Waals surface area contributed by atoms with Gasteiger partial charge in [-0.05, 0) is 12.0 Å². The summed E-state index contributed by atoms with van der Waals surface area (Å²) in [5.41, 5.74) is 0.767. The van der Waals surface area contributed by atoms with Crippen LogP contribution >= 0.6 is 0 Å². The number of nitro groups is 1. The third-order valence-electron chi connectivity index (χ3n) is 2.72. The number of hydrogen-bond donors (Lipinski definition) is 1. The van der Waals surface area contributed by atoms with Gasteiger partial charge in [0.1, 0.15) is 6.33 Å². The summed E-state index contributed by atoms with van der Waals surface area (Å²) in [5, 5.41) is 14.2. The van der Waals surface area contributed by atoms with Gasteiger partial charge in [-0.2, -0.15) is 4.98 Å². The molecule has 2 rings (SSSR count). The lowest BCUT2D eigenvalue weighted by Crippen LogP contribution is -2.08. The Morgan fingerprint density at radius 3 is 2.71 bits per heavy atom. The van der Waals surface area contributed by atoms with Crippen molar-refractivity contribution >= 4 is 11.5 Å². The lowest BCUT2D eigenvalue weighted by molar-refractivity contribution is -0.385. The predicted molar refractivity (Wildman–Crippen MR) is 78.2 cm³/mol. The Labute approximate surface area is 122 Å². The van der Waals surface area contributed by atoms with E-state index in [1.807, 2.05) is 37.3 Å². The minimum atomic E-state index is -0.529. The Morgan fingerprint density at radius 1 is 1.29 bits per heavy atom. The molecule has 0 spiro atoms. The summed E-state index contributed by atoms with van der Waals surface area (Å²) in [6, 6.07) is 9.57. The average Bonchev–Trinajstić information content (AvgIpc) is 2.51. The summed E-state index contributed by atoms with van der Waals surface area (Å²) in [6.07, 6.45) is 2.00. The molecule has 0 aliphatic heterocycles. The first-order chi connectivity index (χ1) is 10.2. The van der Waals surface area contributed by atoms with Crippen molar-refractivity contribution < 1.29 is 9.66 Å². The fraction of sp³-hybridized carbons (Fsp3) is 0.286. The Balaban J connectivity index is 2.20. The van der Waals surface area contributed by atoms with E-state index >= 15 is 0 Å². The minimum Gasteiger partial charge on any atom is -0.473 e. The van der Waals surface area contributed by atoms with Crippen molar-refractivity contribution in [2.24, 2.45) is 0 Å². The molecular weight excluding hydrogens is 272 g/mol. The van der Waals surface area contributed by atoms with Crippen LogP contribution in [-0.4, -0.2) is 21.5 Å². The summed E-state index contributed by atoms with van der Waals surface area (Å²) >= 11 is 0. The molecule has 0 saturated carbocycles. The molecule has 0 amide bonds. The van der Waals surface area contributed by atoms with Crippen molar-refractivity contribution in [2.45, 2.75) is 19.9 Å². The van der Waals surface area contributed by atoms with Gasteiger partial charge in [0.15, 0.2) is 0 Å². The number of anilines is 1. The van der Waals surface area contributed by atoms with Gasteiger partial charge in [-0.1, -0.05) is 37.3 Å². The van der Waals surface area contributed by atoms with E-state index in [0.717, 1.165) is 12.0 Å². The number of aromatic nitrogens is 2. The molecule has 0 aliphatic rings. The number of ether oxygens (including phenoxy) is 1. The Morgan fingerprint density at radius 2 is 2.05 bits per heavy atom. The molecular formula is C14H16N4O3. The summed E-state index contributed by atoms with van der Waals surface area (Å²) in [5.74, 6) is 0.150. The van der Waals surface area contributed by atoms with Crippen molar-refractivity contribution in [1.29, 1.82) is 0 Å². The molecule has 1 aromatic heterocycles. The van der Waals surface area contributed by atoms with Crippen LogP contribution in [0.4, 0.5) is 11.5 Å². The Hall–Kier alpha value is -2.70. The maximum Gasteiger partial charge on any atom is 0.372 e. The van der Waals surface area contributed by atoms with Crippen LogP contribution in [0.5, 0.6) is 5.88 Å². The summed E-state index contributed by atoms with van der Waals surface area (Å²) < 4.78 is 5.31. The SMILES string of the molecule is CCCOc1ncnc(NCc2ccccc2)c1[N+](=O)[O-]. The average molecular weight is 288 g/mol. The maximum absolute atomic E-state index is 11.2. The van der Waals surface area contributed by atoms with Gasteiger partial charge in [0.05, 0.1) is 11.5 Å². The highest BCUT2D eigenvalue weighted by Gasteiger charge is 2.24. The molecule has 0 radical (unpaired) electrons. The molecule has 7 nitrogen and oxygen atoms in total. The topological polar surface area (TPSA) is 90.2 Å². The lowest BCUT2D eigenvalue weighted by atomic mass is 10.2. The van der Waals surface area contributed by atoms with Crippen LogP contribution in [0.1, 0.15) is 18.9 Å². The van der Waals surface area contributed by atoms with Crippen LogP contribution < -0.4 is 10.1 Å². The van der Waals surface area contributed by atoms with E-state index in [1.54, 1.807) is 0 Å². The van der Waals surface area contributed by atoms with E-state index in [0.29, 0.717) is 13.2 Å². The number of rotatable bonds is 7. The summed E-state index contributed by atoms with van der Waals surface area (Å²) in [6.45, 7) is 2.73. The molecule has 2 aromatic rings. The van der Waals surface area contributed by atoms with Gasteiger partial charge in [-0.3, -0.25) is 10.1 Å². The summed E-state index contributed by atoms with van der Waals surface area (Å²) in [4.78, 5) is 18.5.